The van der Waals surface area contributed by atoms with Crippen molar-refractivity contribution in [2.75, 3.05) is 9.80 Å². The third-order valence-electron chi connectivity index (χ3n) is 8.93. The Balaban J connectivity index is 1.54. The largest absolute Gasteiger partial charge is 0.420 e. The second kappa shape index (κ2) is 11.2. The molecule has 0 amide bonds. The van der Waals surface area contributed by atoms with Gasteiger partial charge in [-0.1, -0.05) is 97.1 Å². The third kappa shape index (κ3) is 4.79. The van der Waals surface area contributed by atoms with Crippen LogP contribution >= 0.6 is 0 Å². The van der Waals surface area contributed by atoms with E-state index in [0.717, 1.165) is 40.8 Å². The minimum atomic E-state index is -4.75. The van der Waals surface area contributed by atoms with E-state index >= 15 is 13.2 Å². The van der Waals surface area contributed by atoms with Crippen LogP contribution in [0.25, 0.3) is 0 Å². The Morgan fingerprint density at radius 2 is 1.05 bits per heavy atom. The minimum Gasteiger partial charge on any atom is -0.333 e. The Kier molecular flexibility index (Phi) is 7.10. The highest BCUT2D eigenvalue weighted by molar-refractivity contribution is 5.85. The number of anilines is 4. The van der Waals surface area contributed by atoms with Gasteiger partial charge < -0.3 is 9.80 Å². The van der Waals surface area contributed by atoms with Crippen molar-refractivity contribution in [3.05, 3.63) is 155 Å². The maximum absolute atomic E-state index is 15.8. The normalized spacial score (nSPS) is 17.9. The van der Waals surface area contributed by atoms with Crippen molar-refractivity contribution in [1.82, 2.24) is 0 Å². The minimum absolute atomic E-state index is 0.000245. The maximum atomic E-state index is 15.8. The van der Waals surface area contributed by atoms with Crippen LogP contribution in [0.4, 0.5) is 35.9 Å². The number of fused-ring (bicyclic) bond motifs is 2. The number of aryl methyl sites for hydroxylation is 2. The Morgan fingerprint density at radius 3 is 1.57 bits per heavy atom. The van der Waals surface area contributed by atoms with E-state index in [1.54, 1.807) is 11.0 Å². The van der Waals surface area contributed by atoms with Gasteiger partial charge in [0.15, 0.2) is 0 Å². The SMILES string of the molecule is N#Cc1ccc(N2c3ccccc3CCC2c2ccccc2)c(C(F)(F)F)c1N1c2ccccc2CCC1c1ccccc1. The third-order valence-corrected chi connectivity index (χ3v) is 8.93. The predicted octanol–water partition coefficient (Wildman–Crippen LogP) is 10.2. The summed E-state index contributed by atoms with van der Waals surface area (Å²) in [5.74, 6) is 0. The van der Waals surface area contributed by atoms with E-state index < -0.39 is 11.7 Å². The fourth-order valence-electron chi connectivity index (χ4n) is 7.05. The summed E-state index contributed by atoms with van der Waals surface area (Å²) < 4.78 is 47.4. The molecular weight excluding hydrogens is 555 g/mol. The van der Waals surface area contributed by atoms with Gasteiger partial charge in [-0.25, -0.2) is 0 Å². The van der Waals surface area contributed by atoms with E-state index in [1.807, 2.05) is 114 Å². The van der Waals surface area contributed by atoms with Gasteiger partial charge in [0.05, 0.1) is 29.0 Å². The summed E-state index contributed by atoms with van der Waals surface area (Å²) in [7, 11) is 0. The van der Waals surface area contributed by atoms with Crippen LogP contribution < -0.4 is 9.80 Å². The van der Waals surface area contributed by atoms with Gasteiger partial charge in [0.2, 0.25) is 0 Å². The van der Waals surface area contributed by atoms with Gasteiger partial charge >= 0.3 is 6.18 Å². The molecule has 5 aromatic rings. The Morgan fingerprint density at radius 1 is 0.568 bits per heavy atom. The highest BCUT2D eigenvalue weighted by atomic mass is 19.4. The number of halogens is 3. The summed E-state index contributed by atoms with van der Waals surface area (Å²) in [5, 5.41) is 10.4. The lowest BCUT2D eigenvalue weighted by molar-refractivity contribution is -0.136. The first-order valence-electron chi connectivity index (χ1n) is 14.9. The second-order valence-electron chi connectivity index (χ2n) is 11.4. The van der Waals surface area contributed by atoms with Gasteiger partial charge in [0.25, 0.3) is 0 Å². The molecule has 3 nitrogen and oxygen atoms in total. The first-order chi connectivity index (χ1) is 21.5. The van der Waals surface area contributed by atoms with Crippen molar-refractivity contribution in [3.8, 4) is 6.07 Å². The standard InChI is InChI=1S/C38H30F3N3/c39-38(40,41)36-35(43-31-17-9-7-15-28(31)19-22-33(43)26-11-3-1-4-12-26)24-21-30(25-42)37(36)44-32-18-10-8-16-29(32)20-23-34(44)27-13-5-2-6-14-27/h1-18,21,24,33-34H,19-20,22-23H2. The molecular formula is C38H30F3N3. The topological polar surface area (TPSA) is 30.3 Å². The van der Waals surface area contributed by atoms with Gasteiger partial charge in [-0.05, 0) is 72.2 Å². The fraction of sp³-hybridized carbons (Fsp3) is 0.184. The molecule has 2 unspecified atom stereocenters. The monoisotopic (exact) mass is 585 g/mol. The zero-order valence-electron chi connectivity index (χ0n) is 24.0. The lowest BCUT2D eigenvalue weighted by Crippen LogP contribution is -2.34. The van der Waals surface area contributed by atoms with E-state index in [-0.39, 0.29) is 29.0 Å². The van der Waals surface area contributed by atoms with Crippen molar-refractivity contribution in [2.24, 2.45) is 0 Å². The molecule has 0 radical (unpaired) electrons. The van der Waals surface area contributed by atoms with Gasteiger partial charge in [0, 0.05) is 11.4 Å². The zero-order valence-corrected chi connectivity index (χ0v) is 24.0. The quantitative estimate of drug-likeness (QED) is 0.210. The number of hydrogen-bond acceptors (Lipinski definition) is 3. The van der Waals surface area contributed by atoms with Gasteiger partial charge in [-0.2, -0.15) is 18.4 Å². The van der Waals surface area contributed by atoms with Crippen molar-refractivity contribution in [3.63, 3.8) is 0 Å². The van der Waals surface area contributed by atoms with E-state index in [1.165, 1.54) is 6.07 Å². The Bertz CT molecular complexity index is 1840. The van der Waals surface area contributed by atoms with Crippen LogP contribution in [0.3, 0.4) is 0 Å². The summed E-state index contributed by atoms with van der Waals surface area (Å²) in [4.78, 5) is 3.64. The lowest BCUT2D eigenvalue weighted by Gasteiger charge is -2.44. The number of rotatable bonds is 4. The van der Waals surface area contributed by atoms with Crippen LogP contribution in [0.1, 0.15) is 58.3 Å². The van der Waals surface area contributed by atoms with Crippen molar-refractivity contribution in [1.29, 1.82) is 5.26 Å². The Hall–Kier alpha value is -5.02. The molecule has 5 aromatic carbocycles. The molecule has 0 spiro atoms. The number of para-hydroxylation sites is 2. The molecule has 7 rings (SSSR count). The summed E-state index contributed by atoms with van der Waals surface area (Å²) in [6.45, 7) is 0. The van der Waals surface area contributed by atoms with Crippen LogP contribution in [-0.4, -0.2) is 0 Å². The smallest absolute Gasteiger partial charge is 0.333 e. The Labute approximate surface area is 255 Å². The van der Waals surface area contributed by atoms with Gasteiger partial charge in [-0.3, -0.25) is 0 Å². The average molecular weight is 586 g/mol. The molecule has 6 heteroatoms. The van der Waals surface area contributed by atoms with E-state index in [4.69, 9.17) is 0 Å². The molecule has 2 heterocycles. The molecule has 0 N–H and O–H groups in total. The van der Waals surface area contributed by atoms with Crippen LogP contribution in [0.15, 0.2) is 121 Å². The number of hydrogen-bond donors (Lipinski definition) is 0. The molecule has 2 atom stereocenters. The second-order valence-corrected chi connectivity index (χ2v) is 11.4. The first kappa shape index (κ1) is 27.8. The van der Waals surface area contributed by atoms with Gasteiger partial charge in [-0.15, -0.1) is 0 Å². The summed E-state index contributed by atoms with van der Waals surface area (Å²) in [5.41, 5.74) is 4.47. The molecule has 218 valence electrons. The highest BCUT2D eigenvalue weighted by Gasteiger charge is 2.45. The molecule has 2 aliphatic heterocycles. The molecule has 0 saturated carbocycles. The number of alkyl halides is 3. The lowest BCUT2D eigenvalue weighted by atomic mass is 9.87. The first-order valence-corrected chi connectivity index (χ1v) is 14.9. The highest BCUT2D eigenvalue weighted by Crippen LogP contribution is 2.55. The number of nitriles is 1. The van der Waals surface area contributed by atoms with Gasteiger partial charge in [0.1, 0.15) is 11.6 Å². The molecule has 0 aliphatic carbocycles. The van der Waals surface area contributed by atoms with Crippen LogP contribution in [0, 0.1) is 11.3 Å². The van der Waals surface area contributed by atoms with Crippen molar-refractivity contribution in [2.45, 2.75) is 43.9 Å². The van der Waals surface area contributed by atoms with Crippen LogP contribution in [0.2, 0.25) is 0 Å². The molecule has 44 heavy (non-hydrogen) atoms. The molecule has 0 saturated heterocycles. The molecule has 0 fully saturated rings. The average Bonchev–Trinajstić information content (AvgIpc) is 3.07. The number of nitrogens with zero attached hydrogens (tertiary/aromatic N) is 3. The predicted molar refractivity (Wildman–Crippen MR) is 168 cm³/mol. The van der Waals surface area contributed by atoms with E-state index in [0.29, 0.717) is 18.5 Å². The number of benzene rings is 5. The van der Waals surface area contributed by atoms with Crippen LogP contribution in [0.5, 0.6) is 0 Å². The fourth-order valence-corrected chi connectivity index (χ4v) is 7.05. The summed E-state index contributed by atoms with van der Waals surface area (Å²) >= 11 is 0. The summed E-state index contributed by atoms with van der Waals surface area (Å²) in [6.07, 6.45) is -1.99. The van der Waals surface area contributed by atoms with E-state index in [9.17, 15) is 5.26 Å². The van der Waals surface area contributed by atoms with Crippen molar-refractivity contribution < 1.29 is 13.2 Å². The zero-order chi connectivity index (χ0) is 30.3. The molecule has 2 aliphatic rings. The van der Waals surface area contributed by atoms with Crippen LogP contribution in [-0.2, 0) is 19.0 Å². The maximum Gasteiger partial charge on any atom is 0.420 e. The summed E-state index contributed by atoms with van der Waals surface area (Å²) in [6, 6.07) is 39.2. The van der Waals surface area contributed by atoms with Crippen molar-refractivity contribution >= 4 is 22.7 Å². The molecule has 0 bridgehead atoms. The molecule has 0 aromatic heterocycles. The van der Waals surface area contributed by atoms with E-state index in [2.05, 4.69) is 6.07 Å².